The van der Waals surface area contributed by atoms with E-state index in [0.717, 1.165) is 18.4 Å². The summed E-state index contributed by atoms with van der Waals surface area (Å²) >= 11 is 0. The average Bonchev–Trinajstić information content (AvgIpc) is 2.55. The van der Waals surface area contributed by atoms with Crippen LogP contribution in [0.4, 0.5) is 18.9 Å². The fraction of sp³-hybridized carbons (Fsp3) is 0.188. The Labute approximate surface area is 147 Å². The summed E-state index contributed by atoms with van der Waals surface area (Å²) in [5.74, 6) is -2.22. The van der Waals surface area contributed by atoms with Crippen molar-refractivity contribution in [3.63, 3.8) is 0 Å². The Bertz CT molecular complexity index is 947. The summed E-state index contributed by atoms with van der Waals surface area (Å²) in [4.78, 5) is 15.8. The zero-order chi connectivity index (χ0) is 19.5. The van der Waals surface area contributed by atoms with Crippen LogP contribution < -0.4 is 5.32 Å². The predicted octanol–water partition coefficient (Wildman–Crippen LogP) is 2.75. The number of amides is 1. The monoisotopic (exact) mass is 383 g/mol. The van der Waals surface area contributed by atoms with Crippen LogP contribution in [0.3, 0.4) is 0 Å². The summed E-state index contributed by atoms with van der Waals surface area (Å²) in [6, 6.07) is 8.61. The first kappa shape index (κ1) is 19.4. The third kappa shape index (κ3) is 4.58. The Morgan fingerprint density at radius 2 is 1.81 bits per heavy atom. The van der Waals surface area contributed by atoms with Crippen LogP contribution >= 0.6 is 0 Å². The van der Waals surface area contributed by atoms with Gasteiger partial charge in [-0.15, -0.1) is 0 Å². The molecule has 0 bridgehead atoms. The number of nitrogens with one attached hydrogen (secondary N) is 1. The lowest BCUT2D eigenvalue weighted by Gasteiger charge is -2.11. The third-order valence-electron chi connectivity index (χ3n) is 3.35. The van der Waals surface area contributed by atoms with E-state index in [9.17, 15) is 26.4 Å². The molecule has 1 aromatic heterocycles. The standard InChI is InChI=1S/C16H12F3N3O3S/c1-26(24,25)12-5-3-11(4-6-12)22-15(23)13(8-20)14-7-2-10(9-21-14)16(17,18)19/h2-7,9,13H,1H3,(H,22,23). The van der Waals surface area contributed by atoms with Gasteiger partial charge in [0.2, 0.25) is 5.91 Å². The number of alkyl halides is 3. The van der Waals surface area contributed by atoms with E-state index >= 15 is 0 Å². The maximum absolute atomic E-state index is 12.5. The maximum atomic E-state index is 12.5. The van der Waals surface area contributed by atoms with Gasteiger partial charge in [0.25, 0.3) is 0 Å². The molecule has 1 aromatic carbocycles. The molecule has 26 heavy (non-hydrogen) atoms. The van der Waals surface area contributed by atoms with Crippen molar-refractivity contribution in [3.8, 4) is 6.07 Å². The number of hydrogen-bond donors (Lipinski definition) is 1. The zero-order valence-electron chi connectivity index (χ0n) is 13.3. The normalized spacial score (nSPS) is 12.9. The Morgan fingerprint density at radius 3 is 2.23 bits per heavy atom. The van der Waals surface area contributed by atoms with Crippen LogP contribution in [-0.2, 0) is 20.8 Å². The molecular weight excluding hydrogens is 371 g/mol. The van der Waals surface area contributed by atoms with Gasteiger partial charge in [-0.1, -0.05) is 0 Å². The maximum Gasteiger partial charge on any atom is 0.417 e. The fourth-order valence-electron chi connectivity index (χ4n) is 2.00. The van der Waals surface area contributed by atoms with Gasteiger partial charge in [-0.25, -0.2) is 8.42 Å². The van der Waals surface area contributed by atoms with E-state index in [1.54, 1.807) is 6.07 Å². The lowest BCUT2D eigenvalue weighted by Crippen LogP contribution is -2.21. The molecule has 0 aliphatic heterocycles. The molecule has 0 aliphatic rings. The van der Waals surface area contributed by atoms with Crippen molar-refractivity contribution in [1.29, 1.82) is 5.26 Å². The molecule has 0 radical (unpaired) electrons. The molecule has 0 fully saturated rings. The summed E-state index contributed by atoms with van der Waals surface area (Å²) < 4.78 is 60.4. The van der Waals surface area contributed by atoms with Gasteiger partial charge >= 0.3 is 6.18 Å². The second-order valence-corrected chi connectivity index (χ2v) is 7.33. The number of anilines is 1. The molecule has 0 aliphatic carbocycles. The number of hydrogen-bond acceptors (Lipinski definition) is 5. The highest BCUT2D eigenvalue weighted by molar-refractivity contribution is 7.90. The molecule has 1 heterocycles. The number of pyridine rings is 1. The molecular formula is C16H12F3N3O3S. The molecule has 1 unspecified atom stereocenters. The van der Waals surface area contributed by atoms with Crippen molar-refractivity contribution < 1.29 is 26.4 Å². The van der Waals surface area contributed by atoms with Gasteiger partial charge in [-0.2, -0.15) is 18.4 Å². The zero-order valence-corrected chi connectivity index (χ0v) is 14.1. The highest BCUT2D eigenvalue weighted by Crippen LogP contribution is 2.29. The van der Waals surface area contributed by atoms with Gasteiger partial charge in [0.05, 0.1) is 22.2 Å². The first-order valence-corrected chi connectivity index (χ1v) is 8.95. The molecule has 0 saturated carbocycles. The minimum absolute atomic E-state index is 0.0525. The van der Waals surface area contributed by atoms with Crippen molar-refractivity contribution >= 4 is 21.4 Å². The van der Waals surface area contributed by atoms with Crippen LogP contribution in [0.1, 0.15) is 17.2 Å². The molecule has 6 nitrogen and oxygen atoms in total. The Morgan fingerprint density at radius 1 is 1.19 bits per heavy atom. The van der Waals surface area contributed by atoms with Crippen molar-refractivity contribution in [2.45, 2.75) is 17.0 Å². The molecule has 1 atom stereocenters. The molecule has 0 saturated heterocycles. The number of sulfone groups is 1. The first-order chi connectivity index (χ1) is 12.0. The Hall–Kier alpha value is -2.93. The van der Waals surface area contributed by atoms with Crippen molar-refractivity contribution in [2.75, 3.05) is 11.6 Å². The van der Waals surface area contributed by atoms with Gasteiger partial charge in [-0.3, -0.25) is 9.78 Å². The molecule has 1 N–H and O–H groups in total. The number of nitriles is 1. The number of rotatable bonds is 4. The molecule has 1 amide bonds. The summed E-state index contributed by atoms with van der Waals surface area (Å²) in [6.07, 6.45) is -2.99. The van der Waals surface area contributed by atoms with E-state index < -0.39 is 33.4 Å². The minimum Gasteiger partial charge on any atom is -0.325 e. The Balaban J connectivity index is 2.18. The predicted molar refractivity (Wildman–Crippen MR) is 85.8 cm³/mol. The fourth-order valence-corrected chi connectivity index (χ4v) is 2.63. The number of aromatic nitrogens is 1. The van der Waals surface area contributed by atoms with Gasteiger partial charge < -0.3 is 5.32 Å². The number of benzene rings is 1. The smallest absolute Gasteiger partial charge is 0.325 e. The second-order valence-electron chi connectivity index (χ2n) is 5.32. The summed E-state index contributed by atoms with van der Waals surface area (Å²) in [5.41, 5.74) is -0.893. The molecule has 10 heteroatoms. The van der Waals surface area contributed by atoms with Gasteiger partial charge in [-0.05, 0) is 36.4 Å². The van der Waals surface area contributed by atoms with E-state index in [1.165, 1.54) is 24.3 Å². The van der Waals surface area contributed by atoms with E-state index in [4.69, 9.17) is 5.26 Å². The Kier molecular flexibility index (Phi) is 5.32. The van der Waals surface area contributed by atoms with E-state index in [0.29, 0.717) is 6.20 Å². The van der Waals surface area contributed by atoms with E-state index in [1.807, 2.05) is 0 Å². The van der Waals surface area contributed by atoms with Crippen LogP contribution in [0.2, 0.25) is 0 Å². The molecule has 0 spiro atoms. The largest absolute Gasteiger partial charge is 0.417 e. The summed E-state index contributed by atoms with van der Waals surface area (Å²) in [5, 5.41) is 11.6. The van der Waals surface area contributed by atoms with Crippen LogP contribution in [0.5, 0.6) is 0 Å². The average molecular weight is 383 g/mol. The second kappa shape index (κ2) is 7.13. The molecule has 2 aromatic rings. The van der Waals surface area contributed by atoms with Crippen LogP contribution in [0.25, 0.3) is 0 Å². The highest BCUT2D eigenvalue weighted by Gasteiger charge is 2.31. The number of nitrogens with zero attached hydrogens (tertiary/aromatic N) is 2. The van der Waals surface area contributed by atoms with E-state index in [-0.39, 0.29) is 16.3 Å². The number of halogens is 3. The van der Waals surface area contributed by atoms with Crippen LogP contribution in [-0.4, -0.2) is 25.6 Å². The van der Waals surface area contributed by atoms with Gasteiger partial charge in [0.15, 0.2) is 15.8 Å². The lowest BCUT2D eigenvalue weighted by atomic mass is 10.0. The van der Waals surface area contributed by atoms with Crippen LogP contribution in [0, 0.1) is 11.3 Å². The topological polar surface area (TPSA) is 99.9 Å². The highest BCUT2D eigenvalue weighted by atomic mass is 32.2. The molecule has 2 rings (SSSR count). The van der Waals surface area contributed by atoms with Crippen molar-refractivity contribution in [3.05, 3.63) is 53.9 Å². The number of carbonyl (C=O) groups is 1. The minimum atomic E-state index is -4.57. The van der Waals surface area contributed by atoms with Crippen molar-refractivity contribution in [2.24, 2.45) is 0 Å². The van der Waals surface area contributed by atoms with E-state index in [2.05, 4.69) is 10.3 Å². The lowest BCUT2D eigenvalue weighted by molar-refractivity contribution is -0.137. The summed E-state index contributed by atoms with van der Waals surface area (Å²) in [7, 11) is -3.40. The summed E-state index contributed by atoms with van der Waals surface area (Å²) in [6.45, 7) is 0. The van der Waals surface area contributed by atoms with Gasteiger partial charge in [0.1, 0.15) is 0 Å². The molecule has 136 valence electrons. The van der Waals surface area contributed by atoms with Gasteiger partial charge in [0, 0.05) is 18.1 Å². The quantitative estimate of drug-likeness (QED) is 0.875. The first-order valence-electron chi connectivity index (χ1n) is 7.06. The third-order valence-corrected chi connectivity index (χ3v) is 4.48. The number of carbonyl (C=O) groups excluding carboxylic acids is 1. The van der Waals surface area contributed by atoms with Crippen molar-refractivity contribution in [1.82, 2.24) is 4.98 Å². The van der Waals surface area contributed by atoms with Crippen LogP contribution in [0.15, 0.2) is 47.5 Å². The SMILES string of the molecule is CS(=O)(=O)c1ccc(NC(=O)C(C#N)c2ccc(C(F)(F)F)cn2)cc1.